The van der Waals surface area contributed by atoms with Crippen LogP contribution < -0.4 is 10.1 Å². The van der Waals surface area contributed by atoms with E-state index >= 15 is 0 Å². The van der Waals surface area contributed by atoms with E-state index in [1.165, 1.54) is 16.7 Å². The lowest BCUT2D eigenvalue weighted by atomic mass is 10.00. The molecule has 112 valence electrons. The van der Waals surface area contributed by atoms with Gasteiger partial charge in [0.1, 0.15) is 5.75 Å². The van der Waals surface area contributed by atoms with Gasteiger partial charge in [0.05, 0.1) is 7.11 Å². The van der Waals surface area contributed by atoms with Crippen LogP contribution in [0.5, 0.6) is 5.75 Å². The molecule has 1 unspecified atom stereocenters. The molecule has 2 heteroatoms. The fourth-order valence-corrected chi connectivity index (χ4v) is 2.66. The lowest BCUT2D eigenvalue weighted by Gasteiger charge is -2.24. The maximum absolute atomic E-state index is 5.46. The number of para-hydroxylation sites is 1. The van der Waals surface area contributed by atoms with Crippen molar-refractivity contribution in [2.24, 2.45) is 0 Å². The average Bonchev–Trinajstić information content (AvgIpc) is 2.53. The van der Waals surface area contributed by atoms with Gasteiger partial charge in [0, 0.05) is 17.6 Å². The molecule has 0 aliphatic heterocycles. The van der Waals surface area contributed by atoms with Crippen LogP contribution >= 0.6 is 0 Å². The Morgan fingerprint density at radius 1 is 1.05 bits per heavy atom. The monoisotopic (exact) mass is 283 g/mol. The van der Waals surface area contributed by atoms with Crippen molar-refractivity contribution in [1.82, 2.24) is 5.32 Å². The maximum atomic E-state index is 5.46. The molecule has 0 saturated heterocycles. The Morgan fingerprint density at radius 3 is 2.33 bits per heavy atom. The van der Waals surface area contributed by atoms with Gasteiger partial charge in [0.15, 0.2) is 0 Å². The molecular formula is C19H25NO. The van der Waals surface area contributed by atoms with Crippen LogP contribution in [-0.4, -0.2) is 7.11 Å². The average molecular weight is 283 g/mol. The number of ether oxygens (including phenoxy) is 1. The Kier molecular flexibility index (Phi) is 5.40. The summed E-state index contributed by atoms with van der Waals surface area (Å²) in [6, 6.07) is 17.6. The summed E-state index contributed by atoms with van der Waals surface area (Å²) in [6.45, 7) is 6.52. The van der Waals surface area contributed by atoms with E-state index in [1.807, 2.05) is 12.1 Å². The Hall–Kier alpha value is -1.80. The minimum absolute atomic E-state index is 0.243. The SMILES string of the molecule is CCC(N[C@@H](C)c1ccccc1OC)c1ccc(C)cc1. The topological polar surface area (TPSA) is 21.3 Å². The van der Waals surface area contributed by atoms with Crippen LogP contribution in [0.15, 0.2) is 48.5 Å². The molecule has 0 aliphatic carbocycles. The Labute approximate surface area is 128 Å². The first-order valence-electron chi connectivity index (χ1n) is 7.61. The van der Waals surface area contributed by atoms with Crippen molar-refractivity contribution in [3.8, 4) is 5.75 Å². The van der Waals surface area contributed by atoms with Gasteiger partial charge in [-0.25, -0.2) is 0 Å². The zero-order valence-electron chi connectivity index (χ0n) is 13.4. The summed E-state index contributed by atoms with van der Waals surface area (Å²) in [5.41, 5.74) is 3.83. The molecule has 21 heavy (non-hydrogen) atoms. The Bertz CT molecular complexity index is 562. The molecule has 2 aromatic rings. The first kappa shape index (κ1) is 15.6. The van der Waals surface area contributed by atoms with E-state index in [0.717, 1.165) is 12.2 Å². The zero-order chi connectivity index (χ0) is 15.2. The molecule has 0 aliphatic rings. The van der Waals surface area contributed by atoms with Gasteiger partial charge in [-0.15, -0.1) is 0 Å². The van der Waals surface area contributed by atoms with Crippen molar-refractivity contribution in [1.29, 1.82) is 0 Å². The van der Waals surface area contributed by atoms with Crippen LogP contribution in [0.4, 0.5) is 0 Å². The van der Waals surface area contributed by atoms with Gasteiger partial charge in [0.2, 0.25) is 0 Å². The fourth-order valence-electron chi connectivity index (χ4n) is 2.66. The summed E-state index contributed by atoms with van der Waals surface area (Å²) >= 11 is 0. The quantitative estimate of drug-likeness (QED) is 0.821. The zero-order valence-corrected chi connectivity index (χ0v) is 13.4. The number of methoxy groups -OCH3 is 1. The molecule has 0 radical (unpaired) electrons. The van der Waals surface area contributed by atoms with Gasteiger partial charge in [-0.05, 0) is 31.9 Å². The number of nitrogens with one attached hydrogen (secondary N) is 1. The standard InChI is InChI=1S/C19H25NO/c1-5-18(16-12-10-14(2)11-13-16)20-15(3)17-8-6-7-9-19(17)21-4/h6-13,15,18,20H,5H2,1-4H3/t15-,18?/m0/s1. The van der Waals surface area contributed by atoms with Crippen LogP contribution in [0.1, 0.15) is 49.0 Å². The van der Waals surface area contributed by atoms with E-state index in [-0.39, 0.29) is 6.04 Å². The molecule has 1 N–H and O–H groups in total. The van der Waals surface area contributed by atoms with Crippen molar-refractivity contribution in [3.63, 3.8) is 0 Å². The Balaban J connectivity index is 2.16. The first-order valence-corrected chi connectivity index (χ1v) is 7.61. The molecule has 2 aromatic carbocycles. The number of benzene rings is 2. The minimum atomic E-state index is 0.243. The van der Waals surface area contributed by atoms with E-state index in [0.29, 0.717) is 6.04 Å². The highest BCUT2D eigenvalue weighted by Gasteiger charge is 2.16. The molecule has 0 amide bonds. The van der Waals surface area contributed by atoms with Crippen molar-refractivity contribution in [2.75, 3.05) is 7.11 Å². The predicted molar refractivity (Wildman–Crippen MR) is 88.8 cm³/mol. The van der Waals surface area contributed by atoms with E-state index in [2.05, 4.69) is 62.5 Å². The van der Waals surface area contributed by atoms with Crippen molar-refractivity contribution >= 4 is 0 Å². The van der Waals surface area contributed by atoms with E-state index < -0.39 is 0 Å². The first-order chi connectivity index (χ1) is 10.2. The summed E-state index contributed by atoms with van der Waals surface area (Å²) in [5.74, 6) is 0.941. The summed E-state index contributed by atoms with van der Waals surface area (Å²) < 4.78 is 5.46. The third-order valence-corrected chi connectivity index (χ3v) is 3.94. The van der Waals surface area contributed by atoms with Crippen molar-refractivity contribution < 1.29 is 4.74 Å². The van der Waals surface area contributed by atoms with E-state index in [4.69, 9.17) is 4.74 Å². The smallest absolute Gasteiger partial charge is 0.123 e. The maximum Gasteiger partial charge on any atom is 0.123 e. The molecule has 0 spiro atoms. The van der Waals surface area contributed by atoms with Gasteiger partial charge in [0.25, 0.3) is 0 Å². The summed E-state index contributed by atoms with van der Waals surface area (Å²) in [4.78, 5) is 0. The molecule has 0 fully saturated rings. The van der Waals surface area contributed by atoms with Crippen LogP contribution in [0.3, 0.4) is 0 Å². The Morgan fingerprint density at radius 2 is 1.71 bits per heavy atom. The third kappa shape index (κ3) is 3.85. The lowest BCUT2D eigenvalue weighted by Crippen LogP contribution is -2.24. The van der Waals surface area contributed by atoms with Crippen molar-refractivity contribution in [2.45, 2.75) is 39.3 Å². The molecule has 2 atom stereocenters. The number of hydrogen-bond acceptors (Lipinski definition) is 2. The number of rotatable bonds is 6. The third-order valence-electron chi connectivity index (χ3n) is 3.94. The van der Waals surface area contributed by atoms with Gasteiger partial charge >= 0.3 is 0 Å². The highest BCUT2D eigenvalue weighted by atomic mass is 16.5. The molecular weight excluding hydrogens is 258 g/mol. The van der Waals surface area contributed by atoms with E-state index in [1.54, 1.807) is 7.11 Å². The van der Waals surface area contributed by atoms with Gasteiger partial charge in [-0.1, -0.05) is 55.0 Å². The number of aryl methyl sites for hydroxylation is 1. The van der Waals surface area contributed by atoms with E-state index in [9.17, 15) is 0 Å². The van der Waals surface area contributed by atoms with Crippen LogP contribution in [0, 0.1) is 6.92 Å². The normalized spacial score (nSPS) is 13.7. The summed E-state index contributed by atoms with van der Waals surface area (Å²) in [6.07, 6.45) is 1.06. The summed E-state index contributed by atoms with van der Waals surface area (Å²) in [7, 11) is 1.73. The molecule has 0 bridgehead atoms. The molecule has 0 heterocycles. The van der Waals surface area contributed by atoms with Crippen LogP contribution in [-0.2, 0) is 0 Å². The highest BCUT2D eigenvalue weighted by Crippen LogP contribution is 2.28. The highest BCUT2D eigenvalue weighted by molar-refractivity contribution is 5.36. The van der Waals surface area contributed by atoms with Crippen molar-refractivity contribution in [3.05, 3.63) is 65.2 Å². The van der Waals surface area contributed by atoms with Gasteiger partial charge in [-0.3, -0.25) is 0 Å². The van der Waals surface area contributed by atoms with Crippen LogP contribution in [0.2, 0.25) is 0 Å². The van der Waals surface area contributed by atoms with Gasteiger partial charge in [-0.2, -0.15) is 0 Å². The minimum Gasteiger partial charge on any atom is -0.496 e. The summed E-state index contributed by atoms with van der Waals surface area (Å²) in [5, 5.41) is 3.71. The fraction of sp³-hybridized carbons (Fsp3) is 0.368. The molecule has 2 nitrogen and oxygen atoms in total. The largest absolute Gasteiger partial charge is 0.496 e. The predicted octanol–water partition coefficient (Wildman–Crippen LogP) is 4.81. The molecule has 0 aromatic heterocycles. The lowest BCUT2D eigenvalue weighted by molar-refractivity contribution is 0.392. The second-order valence-corrected chi connectivity index (χ2v) is 5.50. The molecule has 2 rings (SSSR count). The second kappa shape index (κ2) is 7.28. The van der Waals surface area contributed by atoms with Gasteiger partial charge < -0.3 is 10.1 Å². The number of hydrogen-bond donors (Lipinski definition) is 1. The molecule has 0 saturated carbocycles. The van der Waals surface area contributed by atoms with Crippen LogP contribution in [0.25, 0.3) is 0 Å². The second-order valence-electron chi connectivity index (χ2n) is 5.50.